The Morgan fingerprint density at radius 3 is 2.39 bits per heavy atom. The van der Waals surface area contributed by atoms with Crippen molar-refractivity contribution in [3.8, 4) is 0 Å². The summed E-state index contributed by atoms with van der Waals surface area (Å²) in [6.45, 7) is 4.12. The molecule has 0 aliphatic heterocycles. The molecule has 1 aromatic rings. The van der Waals surface area contributed by atoms with Crippen LogP contribution in [-0.4, -0.2) is 25.2 Å². The van der Waals surface area contributed by atoms with Gasteiger partial charge in [0.25, 0.3) is 0 Å². The van der Waals surface area contributed by atoms with Crippen LogP contribution in [0.3, 0.4) is 0 Å². The Kier molecular flexibility index (Phi) is 8.42. The summed E-state index contributed by atoms with van der Waals surface area (Å²) in [5.74, 6) is -0.170. The molecule has 0 fully saturated rings. The van der Waals surface area contributed by atoms with E-state index in [0.717, 1.165) is 6.42 Å². The first kappa shape index (κ1) is 16.9. The molecular formula is C14H22ClNO2. The zero-order valence-corrected chi connectivity index (χ0v) is 12.0. The van der Waals surface area contributed by atoms with Gasteiger partial charge < -0.3 is 10.1 Å². The molecule has 0 saturated carbocycles. The van der Waals surface area contributed by atoms with Crippen LogP contribution in [0.5, 0.6) is 0 Å². The Morgan fingerprint density at radius 2 is 1.83 bits per heavy atom. The molecule has 4 heteroatoms. The molecule has 0 heterocycles. The molecule has 0 aromatic heterocycles. The number of benzene rings is 1. The predicted molar refractivity (Wildman–Crippen MR) is 76.1 cm³/mol. The summed E-state index contributed by atoms with van der Waals surface area (Å²) in [5, 5.41) is 3.39. The molecule has 2 atom stereocenters. The highest BCUT2D eigenvalue weighted by Gasteiger charge is 2.12. The zero-order valence-electron chi connectivity index (χ0n) is 11.2. The van der Waals surface area contributed by atoms with E-state index in [2.05, 4.69) is 29.1 Å². The molecule has 0 aliphatic rings. The molecule has 1 rings (SSSR count). The number of nitrogens with one attached hydrogen (secondary N) is 1. The fourth-order valence-corrected chi connectivity index (χ4v) is 1.90. The van der Waals surface area contributed by atoms with Crippen LogP contribution in [0.15, 0.2) is 30.3 Å². The molecule has 18 heavy (non-hydrogen) atoms. The van der Waals surface area contributed by atoms with Gasteiger partial charge in [0, 0.05) is 12.1 Å². The highest BCUT2D eigenvalue weighted by molar-refractivity contribution is 5.85. The average Bonchev–Trinajstić information content (AvgIpc) is 2.29. The van der Waals surface area contributed by atoms with E-state index in [1.807, 2.05) is 25.1 Å². The van der Waals surface area contributed by atoms with Crippen molar-refractivity contribution in [2.45, 2.75) is 38.8 Å². The van der Waals surface area contributed by atoms with Crippen molar-refractivity contribution in [2.24, 2.45) is 0 Å². The maximum Gasteiger partial charge on any atom is 0.307 e. The summed E-state index contributed by atoms with van der Waals surface area (Å²) in [6.07, 6.45) is 1.38. The highest BCUT2D eigenvalue weighted by Crippen LogP contribution is 2.04. The van der Waals surface area contributed by atoms with Crippen molar-refractivity contribution in [3.63, 3.8) is 0 Å². The maximum atomic E-state index is 11.1. The Morgan fingerprint density at radius 1 is 1.22 bits per heavy atom. The number of hydrogen-bond acceptors (Lipinski definition) is 3. The summed E-state index contributed by atoms with van der Waals surface area (Å²) < 4.78 is 4.64. The molecule has 0 saturated heterocycles. The minimum absolute atomic E-state index is 0. The molecule has 0 spiro atoms. The fraction of sp³-hybridized carbons (Fsp3) is 0.500. The van der Waals surface area contributed by atoms with Crippen LogP contribution in [0.2, 0.25) is 0 Å². The molecule has 0 radical (unpaired) electrons. The van der Waals surface area contributed by atoms with E-state index < -0.39 is 0 Å². The molecular weight excluding hydrogens is 250 g/mol. The Bertz CT molecular complexity index is 343. The third-order valence-electron chi connectivity index (χ3n) is 2.65. The van der Waals surface area contributed by atoms with Crippen molar-refractivity contribution < 1.29 is 9.53 Å². The molecule has 102 valence electrons. The van der Waals surface area contributed by atoms with E-state index in [1.165, 1.54) is 12.7 Å². The second-order valence-corrected chi connectivity index (χ2v) is 4.44. The topological polar surface area (TPSA) is 38.3 Å². The SMILES string of the molecule is COC(=O)CC(C)NC(C)Cc1ccccc1.Cl. The van der Waals surface area contributed by atoms with Gasteiger partial charge in [-0.15, -0.1) is 12.4 Å². The van der Waals surface area contributed by atoms with E-state index in [0.29, 0.717) is 12.5 Å². The largest absolute Gasteiger partial charge is 0.469 e. The van der Waals surface area contributed by atoms with Crippen LogP contribution >= 0.6 is 12.4 Å². The summed E-state index contributed by atoms with van der Waals surface area (Å²) in [4.78, 5) is 11.1. The lowest BCUT2D eigenvalue weighted by Crippen LogP contribution is -2.37. The molecule has 2 unspecified atom stereocenters. The summed E-state index contributed by atoms with van der Waals surface area (Å²) >= 11 is 0. The molecule has 1 aromatic carbocycles. The van der Waals surface area contributed by atoms with Crippen LogP contribution < -0.4 is 5.32 Å². The second-order valence-electron chi connectivity index (χ2n) is 4.44. The van der Waals surface area contributed by atoms with Crippen molar-refractivity contribution >= 4 is 18.4 Å². The number of hydrogen-bond donors (Lipinski definition) is 1. The van der Waals surface area contributed by atoms with Gasteiger partial charge in [0.1, 0.15) is 0 Å². The van der Waals surface area contributed by atoms with Crippen molar-refractivity contribution in [2.75, 3.05) is 7.11 Å². The zero-order chi connectivity index (χ0) is 12.7. The third kappa shape index (κ3) is 6.62. The van der Waals surface area contributed by atoms with Crippen molar-refractivity contribution in [1.82, 2.24) is 5.32 Å². The smallest absolute Gasteiger partial charge is 0.307 e. The van der Waals surface area contributed by atoms with Crippen LogP contribution in [-0.2, 0) is 16.0 Å². The predicted octanol–water partition coefficient (Wildman–Crippen LogP) is 2.58. The summed E-state index contributed by atoms with van der Waals surface area (Å²) in [5.41, 5.74) is 1.30. The molecule has 0 amide bonds. The lowest BCUT2D eigenvalue weighted by atomic mass is 10.1. The Hall–Kier alpha value is -1.06. The normalized spacial score (nSPS) is 13.3. The monoisotopic (exact) mass is 271 g/mol. The van der Waals surface area contributed by atoms with Gasteiger partial charge in [-0.05, 0) is 25.8 Å². The van der Waals surface area contributed by atoms with Crippen LogP contribution in [0.4, 0.5) is 0 Å². The molecule has 1 N–H and O–H groups in total. The van der Waals surface area contributed by atoms with Gasteiger partial charge in [0.15, 0.2) is 0 Å². The highest BCUT2D eigenvalue weighted by atomic mass is 35.5. The molecule has 3 nitrogen and oxygen atoms in total. The first-order valence-corrected chi connectivity index (χ1v) is 5.98. The maximum absolute atomic E-state index is 11.1. The average molecular weight is 272 g/mol. The Balaban J connectivity index is 0.00000289. The minimum atomic E-state index is -0.170. The van der Waals surface area contributed by atoms with Crippen LogP contribution in [0.25, 0.3) is 0 Å². The van der Waals surface area contributed by atoms with Gasteiger partial charge in [-0.3, -0.25) is 4.79 Å². The van der Waals surface area contributed by atoms with Gasteiger partial charge in [-0.2, -0.15) is 0 Å². The van der Waals surface area contributed by atoms with Gasteiger partial charge >= 0.3 is 5.97 Å². The number of carbonyl (C=O) groups excluding carboxylic acids is 1. The second kappa shape index (κ2) is 8.95. The first-order valence-electron chi connectivity index (χ1n) is 5.98. The number of esters is 1. The fourth-order valence-electron chi connectivity index (χ4n) is 1.90. The summed E-state index contributed by atoms with van der Waals surface area (Å²) in [6, 6.07) is 10.8. The van der Waals surface area contributed by atoms with E-state index in [4.69, 9.17) is 0 Å². The lowest BCUT2D eigenvalue weighted by Gasteiger charge is -2.19. The van der Waals surface area contributed by atoms with E-state index in [1.54, 1.807) is 0 Å². The molecule has 0 bridgehead atoms. The van der Waals surface area contributed by atoms with Crippen molar-refractivity contribution in [1.29, 1.82) is 0 Å². The lowest BCUT2D eigenvalue weighted by molar-refractivity contribution is -0.141. The van der Waals surface area contributed by atoms with Gasteiger partial charge in [-0.1, -0.05) is 30.3 Å². The van der Waals surface area contributed by atoms with Crippen LogP contribution in [0, 0.1) is 0 Å². The number of ether oxygens (including phenoxy) is 1. The van der Waals surface area contributed by atoms with E-state index >= 15 is 0 Å². The van der Waals surface area contributed by atoms with Crippen molar-refractivity contribution in [3.05, 3.63) is 35.9 Å². The third-order valence-corrected chi connectivity index (χ3v) is 2.65. The number of carbonyl (C=O) groups is 1. The molecule has 0 aliphatic carbocycles. The summed E-state index contributed by atoms with van der Waals surface area (Å²) in [7, 11) is 1.42. The standard InChI is InChI=1S/C14H21NO2.ClH/c1-11(9-13-7-5-4-6-8-13)15-12(2)10-14(16)17-3;/h4-8,11-12,15H,9-10H2,1-3H3;1H. The number of methoxy groups -OCH3 is 1. The quantitative estimate of drug-likeness (QED) is 0.809. The van der Waals surface area contributed by atoms with E-state index in [9.17, 15) is 4.79 Å². The van der Waals surface area contributed by atoms with E-state index in [-0.39, 0.29) is 24.4 Å². The van der Waals surface area contributed by atoms with Gasteiger partial charge in [0.2, 0.25) is 0 Å². The van der Waals surface area contributed by atoms with Gasteiger partial charge in [0.05, 0.1) is 13.5 Å². The first-order chi connectivity index (χ1) is 8.11. The van der Waals surface area contributed by atoms with Crippen LogP contribution in [0.1, 0.15) is 25.8 Å². The minimum Gasteiger partial charge on any atom is -0.469 e. The number of halogens is 1. The van der Waals surface area contributed by atoms with Gasteiger partial charge in [-0.25, -0.2) is 0 Å². The Labute approximate surface area is 115 Å². The number of rotatable bonds is 6.